The van der Waals surface area contributed by atoms with Crippen molar-refractivity contribution in [1.82, 2.24) is 10.2 Å². The van der Waals surface area contributed by atoms with E-state index in [1.807, 2.05) is 0 Å². The Balaban J connectivity index is 1.55. The van der Waals surface area contributed by atoms with Crippen molar-refractivity contribution in [1.29, 1.82) is 0 Å². The van der Waals surface area contributed by atoms with Crippen molar-refractivity contribution in [2.45, 2.75) is 32.0 Å². The van der Waals surface area contributed by atoms with Gasteiger partial charge in [0.25, 0.3) is 5.91 Å². The minimum absolute atomic E-state index is 0.0400. The van der Waals surface area contributed by atoms with Gasteiger partial charge in [0.2, 0.25) is 17.5 Å². The summed E-state index contributed by atoms with van der Waals surface area (Å²) in [6.07, 6.45) is 0.486. The van der Waals surface area contributed by atoms with Gasteiger partial charge in [-0.25, -0.2) is 9.24 Å². The van der Waals surface area contributed by atoms with Crippen molar-refractivity contribution in [2.75, 3.05) is 5.32 Å². The van der Waals surface area contributed by atoms with Gasteiger partial charge in [-0.05, 0) is 24.1 Å². The molecule has 0 spiro atoms. The first-order valence-corrected chi connectivity index (χ1v) is 9.15. The number of carbonyl (C=O) groups excluding carboxylic acids is 3. The highest BCUT2D eigenvalue weighted by molar-refractivity contribution is 6.06. The second-order valence-electron chi connectivity index (χ2n) is 6.95. The quantitative estimate of drug-likeness (QED) is 0.619. The van der Waals surface area contributed by atoms with Crippen LogP contribution in [0.4, 0.5) is 15.8 Å². The minimum atomic E-state index is -0.687. The molecule has 1 atom stereocenters. The lowest BCUT2D eigenvalue weighted by Gasteiger charge is -2.29. The number of nitrogens with zero attached hydrogens (tertiary/aromatic N) is 2. The number of hydrogen-bond acceptors (Lipinski definition) is 4. The van der Waals surface area contributed by atoms with Gasteiger partial charge < -0.3 is 10.2 Å². The molecule has 2 aliphatic heterocycles. The lowest BCUT2D eigenvalue weighted by molar-refractivity contribution is -0.136. The summed E-state index contributed by atoms with van der Waals surface area (Å²) in [5, 5.41) is 5.42. The SMILES string of the molecule is [C-]#[N+]c1cccc(CNc2cccc3c2CN(C2CCC(=O)NC2=O)C3=O)c1F. The standard InChI is InChI=1S/C21H17FN4O3/c1-23-16-7-2-4-12(19(16)22)10-24-15-6-3-5-13-14(15)11-26(21(13)29)17-8-9-18(27)25-20(17)28/h2-7,17,24H,8-11H2,(H,25,27,28). The van der Waals surface area contributed by atoms with Crippen LogP contribution in [-0.2, 0) is 22.7 Å². The zero-order chi connectivity index (χ0) is 20.5. The van der Waals surface area contributed by atoms with E-state index in [0.29, 0.717) is 23.2 Å². The van der Waals surface area contributed by atoms with Gasteiger partial charge in [0.15, 0.2) is 0 Å². The fraction of sp³-hybridized carbons (Fsp3) is 0.238. The van der Waals surface area contributed by atoms with E-state index in [9.17, 15) is 18.8 Å². The lowest BCUT2D eigenvalue weighted by atomic mass is 10.0. The van der Waals surface area contributed by atoms with Crippen molar-refractivity contribution in [3.63, 3.8) is 0 Å². The van der Waals surface area contributed by atoms with Crippen LogP contribution in [0, 0.1) is 12.4 Å². The molecule has 0 aromatic heterocycles. The summed E-state index contributed by atoms with van der Waals surface area (Å²) >= 11 is 0. The summed E-state index contributed by atoms with van der Waals surface area (Å²) in [4.78, 5) is 41.0. The van der Waals surface area contributed by atoms with Crippen LogP contribution in [0.15, 0.2) is 36.4 Å². The molecule has 2 aliphatic rings. The average Bonchev–Trinajstić information content (AvgIpc) is 3.04. The van der Waals surface area contributed by atoms with Gasteiger partial charge in [0.1, 0.15) is 11.9 Å². The summed E-state index contributed by atoms with van der Waals surface area (Å²) in [6, 6.07) is 9.15. The predicted molar refractivity (Wildman–Crippen MR) is 102 cm³/mol. The van der Waals surface area contributed by atoms with Crippen LogP contribution < -0.4 is 10.6 Å². The minimum Gasteiger partial charge on any atom is -0.381 e. The number of carbonyl (C=O) groups is 3. The van der Waals surface area contributed by atoms with Crippen molar-refractivity contribution < 1.29 is 18.8 Å². The highest BCUT2D eigenvalue weighted by Crippen LogP contribution is 2.32. The second-order valence-corrected chi connectivity index (χ2v) is 6.95. The Hall–Kier alpha value is -3.73. The molecule has 3 amide bonds. The van der Waals surface area contributed by atoms with Gasteiger partial charge in [-0.2, -0.15) is 0 Å². The Labute approximate surface area is 166 Å². The summed E-state index contributed by atoms with van der Waals surface area (Å²) in [7, 11) is 0. The molecule has 2 aromatic rings. The van der Waals surface area contributed by atoms with Crippen LogP contribution in [0.5, 0.6) is 0 Å². The summed E-state index contributed by atoms with van der Waals surface area (Å²) in [5.41, 5.74) is 2.18. The van der Waals surface area contributed by atoms with E-state index in [1.54, 1.807) is 30.3 Å². The van der Waals surface area contributed by atoms with Crippen LogP contribution in [0.2, 0.25) is 0 Å². The Morgan fingerprint density at radius 2 is 2.00 bits per heavy atom. The predicted octanol–water partition coefficient (Wildman–Crippen LogP) is 2.75. The van der Waals surface area contributed by atoms with Gasteiger partial charge in [-0.3, -0.25) is 19.7 Å². The van der Waals surface area contributed by atoms with E-state index < -0.39 is 17.8 Å². The van der Waals surface area contributed by atoms with Crippen molar-refractivity contribution in [2.24, 2.45) is 0 Å². The van der Waals surface area contributed by atoms with E-state index in [4.69, 9.17) is 6.57 Å². The number of halogens is 1. The molecule has 2 N–H and O–H groups in total. The first-order chi connectivity index (χ1) is 14.0. The first kappa shape index (κ1) is 18.6. The molecule has 1 saturated heterocycles. The van der Waals surface area contributed by atoms with E-state index >= 15 is 0 Å². The molecule has 4 rings (SSSR count). The van der Waals surface area contributed by atoms with Gasteiger partial charge in [-0.15, -0.1) is 0 Å². The number of piperidine rings is 1. The van der Waals surface area contributed by atoms with Gasteiger partial charge >= 0.3 is 0 Å². The normalized spacial score (nSPS) is 18.3. The van der Waals surface area contributed by atoms with Gasteiger partial charge in [0, 0.05) is 36.3 Å². The molecular formula is C21H17FN4O3. The van der Waals surface area contributed by atoms with Crippen LogP contribution in [0.1, 0.15) is 34.3 Å². The van der Waals surface area contributed by atoms with Crippen molar-refractivity contribution >= 4 is 29.1 Å². The number of benzene rings is 2. The Morgan fingerprint density at radius 3 is 2.76 bits per heavy atom. The number of rotatable bonds is 4. The highest BCUT2D eigenvalue weighted by Gasteiger charge is 2.39. The Bertz CT molecular complexity index is 1080. The molecular weight excluding hydrogens is 375 g/mol. The molecule has 0 aliphatic carbocycles. The smallest absolute Gasteiger partial charge is 0.255 e. The van der Waals surface area contributed by atoms with Crippen LogP contribution >= 0.6 is 0 Å². The van der Waals surface area contributed by atoms with E-state index in [-0.39, 0.29) is 37.0 Å². The summed E-state index contributed by atoms with van der Waals surface area (Å²) in [6.45, 7) is 7.40. The van der Waals surface area contributed by atoms with Crippen LogP contribution in [-0.4, -0.2) is 28.7 Å². The van der Waals surface area contributed by atoms with Crippen molar-refractivity contribution in [3.05, 3.63) is 70.3 Å². The summed E-state index contributed by atoms with van der Waals surface area (Å²) < 4.78 is 14.3. The second kappa shape index (κ2) is 7.36. The molecule has 2 aromatic carbocycles. The maximum Gasteiger partial charge on any atom is 0.255 e. The first-order valence-electron chi connectivity index (χ1n) is 9.15. The largest absolute Gasteiger partial charge is 0.381 e. The lowest BCUT2D eigenvalue weighted by Crippen LogP contribution is -2.52. The number of fused-ring (bicyclic) bond motifs is 1. The number of amides is 3. The molecule has 29 heavy (non-hydrogen) atoms. The molecule has 1 fully saturated rings. The van der Waals surface area contributed by atoms with Gasteiger partial charge in [0.05, 0.1) is 6.57 Å². The Morgan fingerprint density at radius 1 is 1.21 bits per heavy atom. The van der Waals surface area contributed by atoms with Gasteiger partial charge in [-0.1, -0.05) is 24.3 Å². The topological polar surface area (TPSA) is 82.9 Å². The van der Waals surface area contributed by atoms with Crippen molar-refractivity contribution in [3.8, 4) is 0 Å². The molecule has 0 radical (unpaired) electrons. The third-order valence-electron chi connectivity index (χ3n) is 5.23. The van der Waals surface area contributed by atoms with E-state index in [1.165, 1.54) is 11.0 Å². The maximum atomic E-state index is 14.3. The average molecular weight is 392 g/mol. The maximum absolute atomic E-state index is 14.3. The molecule has 146 valence electrons. The fourth-order valence-electron chi connectivity index (χ4n) is 3.73. The van der Waals surface area contributed by atoms with Crippen LogP contribution in [0.25, 0.3) is 4.85 Å². The molecule has 2 heterocycles. The van der Waals surface area contributed by atoms with E-state index in [0.717, 1.165) is 5.56 Å². The highest BCUT2D eigenvalue weighted by atomic mass is 19.1. The van der Waals surface area contributed by atoms with E-state index in [2.05, 4.69) is 15.5 Å². The molecule has 8 heteroatoms. The van der Waals surface area contributed by atoms with Crippen LogP contribution in [0.3, 0.4) is 0 Å². The zero-order valence-electron chi connectivity index (χ0n) is 15.4. The third kappa shape index (κ3) is 3.31. The zero-order valence-corrected chi connectivity index (χ0v) is 15.4. The molecule has 0 saturated carbocycles. The number of anilines is 1. The number of nitrogens with one attached hydrogen (secondary N) is 2. The number of imide groups is 1. The molecule has 1 unspecified atom stereocenters. The Kier molecular flexibility index (Phi) is 4.72. The molecule has 0 bridgehead atoms. The third-order valence-corrected chi connectivity index (χ3v) is 5.23. The monoisotopic (exact) mass is 392 g/mol. The number of hydrogen-bond donors (Lipinski definition) is 2. The molecule has 7 nitrogen and oxygen atoms in total. The fourth-order valence-corrected chi connectivity index (χ4v) is 3.73. The summed E-state index contributed by atoms with van der Waals surface area (Å²) in [5.74, 6) is -1.63.